The fourth-order valence-electron chi connectivity index (χ4n) is 3.75. The SMILES string of the molecule is COc1cc(OC)c(OC)cc1/C=C1\Oc2cc(OCc3ccc([N+](=O)[O-])cc3)cc(C)c2C1=O. The van der Waals surface area contributed by atoms with Gasteiger partial charge in [-0.05, 0) is 48.4 Å². The van der Waals surface area contributed by atoms with Crippen molar-refractivity contribution in [3.8, 4) is 28.7 Å². The standard InChI is InChI=1S/C26H23NO8/c1-15-9-19(34-14-16-5-7-18(8-6-16)27(29)30)12-23-25(15)26(28)24(35-23)11-17-10-21(32-3)22(33-4)13-20(17)31-2/h5-13H,14H2,1-4H3/b24-11-. The van der Waals surface area contributed by atoms with E-state index in [2.05, 4.69) is 0 Å². The lowest BCUT2D eigenvalue weighted by Gasteiger charge is -2.12. The van der Waals surface area contributed by atoms with Crippen LogP contribution in [0.4, 0.5) is 5.69 Å². The number of Topliss-reactive ketones (excluding diaryl/α,β-unsaturated/α-hetero) is 1. The highest BCUT2D eigenvalue weighted by Gasteiger charge is 2.30. The molecule has 1 aliphatic heterocycles. The monoisotopic (exact) mass is 477 g/mol. The first-order valence-electron chi connectivity index (χ1n) is 10.6. The van der Waals surface area contributed by atoms with E-state index in [0.717, 1.165) is 5.56 Å². The maximum absolute atomic E-state index is 13.1. The molecule has 35 heavy (non-hydrogen) atoms. The molecule has 0 N–H and O–H groups in total. The largest absolute Gasteiger partial charge is 0.496 e. The third-order valence-corrected chi connectivity index (χ3v) is 5.52. The molecule has 1 aliphatic rings. The highest BCUT2D eigenvalue weighted by molar-refractivity contribution is 6.15. The molecule has 3 aromatic carbocycles. The summed E-state index contributed by atoms with van der Waals surface area (Å²) in [6, 6.07) is 12.9. The normalized spacial score (nSPS) is 13.3. The number of carbonyl (C=O) groups is 1. The minimum absolute atomic E-state index is 0.0134. The van der Waals surface area contributed by atoms with Crippen LogP contribution in [0, 0.1) is 17.0 Å². The molecule has 0 atom stereocenters. The molecule has 3 aromatic rings. The van der Waals surface area contributed by atoms with E-state index in [9.17, 15) is 14.9 Å². The van der Waals surface area contributed by atoms with Gasteiger partial charge in [-0.1, -0.05) is 0 Å². The molecule has 0 fully saturated rings. The second kappa shape index (κ2) is 9.76. The van der Waals surface area contributed by atoms with Crippen LogP contribution >= 0.6 is 0 Å². The first-order valence-corrected chi connectivity index (χ1v) is 10.6. The number of rotatable bonds is 8. The van der Waals surface area contributed by atoms with Crippen LogP contribution in [0.5, 0.6) is 28.7 Å². The van der Waals surface area contributed by atoms with E-state index in [1.165, 1.54) is 33.5 Å². The van der Waals surface area contributed by atoms with Gasteiger partial charge in [-0.2, -0.15) is 0 Å². The molecule has 9 nitrogen and oxygen atoms in total. The second-order valence-corrected chi connectivity index (χ2v) is 7.71. The molecule has 9 heteroatoms. The molecule has 0 amide bonds. The van der Waals surface area contributed by atoms with Gasteiger partial charge in [0.2, 0.25) is 5.78 Å². The topological polar surface area (TPSA) is 106 Å². The number of fused-ring (bicyclic) bond motifs is 1. The van der Waals surface area contributed by atoms with E-state index < -0.39 is 4.92 Å². The molecule has 1 heterocycles. The second-order valence-electron chi connectivity index (χ2n) is 7.71. The summed E-state index contributed by atoms with van der Waals surface area (Å²) in [5.41, 5.74) is 2.53. The Balaban J connectivity index is 1.58. The van der Waals surface area contributed by atoms with Gasteiger partial charge in [0, 0.05) is 29.8 Å². The zero-order valence-electron chi connectivity index (χ0n) is 19.6. The highest BCUT2D eigenvalue weighted by Crippen LogP contribution is 2.40. The third kappa shape index (κ3) is 4.74. The smallest absolute Gasteiger partial charge is 0.269 e. The molecular formula is C26H23NO8. The van der Waals surface area contributed by atoms with E-state index in [-0.39, 0.29) is 23.8 Å². The number of hydrogen-bond donors (Lipinski definition) is 0. The average molecular weight is 477 g/mol. The van der Waals surface area contributed by atoms with Crippen molar-refractivity contribution in [1.29, 1.82) is 0 Å². The van der Waals surface area contributed by atoms with E-state index in [1.54, 1.807) is 49.4 Å². The van der Waals surface area contributed by atoms with Crippen molar-refractivity contribution in [2.45, 2.75) is 13.5 Å². The van der Waals surface area contributed by atoms with Gasteiger partial charge in [0.15, 0.2) is 17.3 Å². The number of hydrogen-bond acceptors (Lipinski definition) is 8. The van der Waals surface area contributed by atoms with E-state index >= 15 is 0 Å². The van der Waals surface area contributed by atoms with Crippen LogP contribution in [-0.4, -0.2) is 32.0 Å². The molecule has 4 rings (SSSR count). The fourth-order valence-corrected chi connectivity index (χ4v) is 3.75. The number of allylic oxidation sites excluding steroid dienone is 1. The molecule has 0 saturated heterocycles. The van der Waals surface area contributed by atoms with Gasteiger partial charge >= 0.3 is 0 Å². The minimum atomic E-state index is -0.453. The quantitative estimate of drug-likeness (QED) is 0.250. The molecular weight excluding hydrogens is 454 g/mol. The number of methoxy groups -OCH3 is 3. The number of nitro benzene ring substituents is 1. The Hall–Kier alpha value is -4.53. The lowest BCUT2D eigenvalue weighted by Crippen LogP contribution is -2.01. The summed E-state index contributed by atoms with van der Waals surface area (Å²) in [5, 5.41) is 10.8. The van der Waals surface area contributed by atoms with Gasteiger partial charge in [0.05, 0.1) is 31.8 Å². The van der Waals surface area contributed by atoms with Crippen LogP contribution < -0.4 is 23.7 Å². The Bertz CT molecular complexity index is 1330. The zero-order chi connectivity index (χ0) is 25.1. The molecule has 0 unspecified atom stereocenters. The summed E-state index contributed by atoms with van der Waals surface area (Å²) in [6.45, 7) is 2.01. The average Bonchev–Trinajstić information content (AvgIpc) is 3.17. The maximum Gasteiger partial charge on any atom is 0.269 e. The Morgan fingerprint density at radius 3 is 2.23 bits per heavy atom. The van der Waals surface area contributed by atoms with Crippen molar-refractivity contribution in [3.05, 3.63) is 86.7 Å². The number of non-ortho nitro benzene ring substituents is 1. The number of nitrogens with zero attached hydrogens (tertiary/aromatic N) is 1. The molecule has 0 radical (unpaired) electrons. The van der Waals surface area contributed by atoms with Crippen molar-refractivity contribution in [1.82, 2.24) is 0 Å². The summed E-state index contributed by atoms with van der Waals surface area (Å²) < 4.78 is 27.9. The maximum atomic E-state index is 13.1. The van der Waals surface area contributed by atoms with E-state index in [0.29, 0.717) is 45.4 Å². The van der Waals surface area contributed by atoms with Crippen LogP contribution in [0.2, 0.25) is 0 Å². The summed E-state index contributed by atoms with van der Waals surface area (Å²) in [6.07, 6.45) is 1.60. The van der Waals surface area contributed by atoms with Crippen molar-refractivity contribution >= 4 is 17.5 Å². The fraction of sp³-hybridized carbons (Fsp3) is 0.192. The van der Waals surface area contributed by atoms with Crippen molar-refractivity contribution in [2.24, 2.45) is 0 Å². The lowest BCUT2D eigenvalue weighted by molar-refractivity contribution is -0.384. The first-order chi connectivity index (χ1) is 16.8. The number of aryl methyl sites for hydroxylation is 1. The summed E-state index contributed by atoms with van der Waals surface area (Å²) in [7, 11) is 4.57. The van der Waals surface area contributed by atoms with E-state index in [1.807, 2.05) is 0 Å². The molecule has 0 spiro atoms. The first kappa shape index (κ1) is 23.6. The molecule has 0 aromatic heterocycles. The Labute approximate surface area is 201 Å². The minimum Gasteiger partial charge on any atom is -0.496 e. The van der Waals surface area contributed by atoms with Gasteiger partial charge < -0.3 is 23.7 Å². The van der Waals surface area contributed by atoms with Crippen LogP contribution in [-0.2, 0) is 6.61 Å². The number of benzene rings is 3. The Kier molecular flexibility index (Phi) is 6.59. The van der Waals surface area contributed by atoms with Gasteiger partial charge in [0.25, 0.3) is 5.69 Å². The third-order valence-electron chi connectivity index (χ3n) is 5.52. The summed E-state index contributed by atoms with van der Waals surface area (Å²) in [4.78, 5) is 23.5. The lowest BCUT2D eigenvalue weighted by atomic mass is 10.0. The van der Waals surface area contributed by atoms with Crippen molar-refractivity contribution < 1.29 is 33.4 Å². The number of ether oxygens (including phenoxy) is 5. The van der Waals surface area contributed by atoms with Crippen LogP contribution in [0.15, 0.2) is 54.3 Å². The van der Waals surface area contributed by atoms with Crippen molar-refractivity contribution in [3.63, 3.8) is 0 Å². The van der Waals surface area contributed by atoms with Gasteiger partial charge in [-0.3, -0.25) is 14.9 Å². The summed E-state index contributed by atoms with van der Waals surface area (Å²) >= 11 is 0. The predicted molar refractivity (Wildman–Crippen MR) is 128 cm³/mol. The van der Waals surface area contributed by atoms with Gasteiger partial charge in [-0.15, -0.1) is 0 Å². The van der Waals surface area contributed by atoms with E-state index in [4.69, 9.17) is 23.7 Å². The predicted octanol–water partition coefficient (Wildman–Crippen LogP) is 5.12. The highest BCUT2D eigenvalue weighted by atomic mass is 16.6. The van der Waals surface area contributed by atoms with Crippen LogP contribution in [0.3, 0.4) is 0 Å². The molecule has 180 valence electrons. The van der Waals surface area contributed by atoms with Crippen LogP contribution in [0.1, 0.15) is 27.0 Å². The van der Waals surface area contributed by atoms with Gasteiger partial charge in [0.1, 0.15) is 23.9 Å². The Morgan fingerprint density at radius 1 is 0.943 bits per heavy atom. The number of nitro groups is 1. The molecule has 0 saturated carbocycles. The zero-order valence-corrected chi connectivity index (χ0v) is 19.6. The van der Waals surface area contributed by atoms with Gasteiger partial charge in [-0.25, -0.2) is 0 Å². The van der Waals surface area contributed by atoms with Crippen LogP contribution in [0.25, 0.3) is 6.08 Å². The summed E-state index contributed by atoms with van der Waals surface area (Å²) in [5.74, 6) is 2.26. The molecule has 0 aliphatic carbocycles. The molecule has 0 bridgehead atoms. The Morgan fingerprint density at radius 2 is 1.60 bits per heavy atom. The number of ketones is 1. The number of carbonyl (C=O) groups excluding carboxylic acids is 1. The van der Waals surface area contributed by atoms with Crippen molar-refractivity contribution in [2.75, 3.05) is 21.3 Å².